The summed E-state index contributed by atoms with van der Waals surface area (Å²) in [6, 6.07) is 5.35. The summed E-state index contributed by atoms with van der Waals surface area (Å²) in [5.74, 6) is -2.02. The number of carbonyl (C=O) groups is 2. The first-order valence-electron chi connectivity index (χ1n) is 6.01. The molecule has 2 N–H and O–H groups in total. The molecule has 0 bridgehead atoms. The number of hydrogen-bond donors (Lipinski definition) is 2. The average Bonchev–Trinajstić information content (AvgIpc) is 2.97. The summed E-state index contributed by atoms with van der Waals surface area (Å²) in [4.78, 5) is 27.4. The van der Waals surface area contributed by atoms with Crippen LogP contribution in [0.4, 0.5) is 19.0 Å². The van der Waals surface area contributed by atoms with Gasteiger partial charge < -0.3 is 10.6 Å². The van der Waals surface area contributed by atoms with E-state index in [1.165, 1.54) is 11.3 Å². The summed E-state index contributed by atoms with van der Waals surface area (Å²) < 4.78 is 37.1. The van der Waals surface area contributed by atoms with Crippen LogP contribution in [0.3, 0.4) is 0 Å². The Morgan fingerprint density at radius 3 is 2.50 bits per heavy atom. The summed E-state index contributed by atoms with van der Waals surface area (Å²) in [6.45, 7) is 0.199. The molecule has 0 aliphatic carbocycles. The van der Waals surface area contributed by atoms with E-state index in [0.29, 0.717) is 6.20 Å². The molecule has 2 rings (SSSR count). The Bertz CT molecular complexity index is 654. The lowest BCUT2D eigenvalue weighted by molar-refractivity contribution is -0.137. The zero-order valence-electron chi connectivity index (χ0n) is 11.0. The van der Waals surface area contributed by atoms with Crippen LogP contribution in [0.1, 0.15) is 10.4 Å². The fourth-order valence-corrected chi connectivity index (χ4v) is 2.11. The zero-order valence-corrected chi connectivity index (χ0v) is 11.8. The second-order valence-corrected chi connectivity index (χ2v) is 5.18. The van der Waals surface area contributed by atoms with Crippen molar-refractivity contribution in [2.75, 3.05) is 5.32 Å². The van der Waals surface area contributed by atoms with E-state index in [-0.39, 0.29) is 12.4 Å². The Labute approximate surface area is 127 Å². The van der Waals surface area contributed by atoms with Gasteiger partial charge in [0.2, 0.25) is 0 Å². The predicted octanol–water partition coefficient (Wildman–Crippen LogP) is 2.42. The molecule has 116 valence electrons. The SMILES string of the molecule is O=C(NCc1cccs1)C(=O)Nc1ccc(C(F)(F)F)cn1. The van der Waals surface area contributed by atoms with Gasteiger partial charge in [-0.2, -0.15) is 13.2 Å². The summed E-state index contributed by atoms with van der Waals surface area (Å²) in [7, 11) is 0. The first-order valence-corrected chi connectivity index (χ1v) is 6.89. The van der Waals surface area contributed by atoms with Crippen molar-refractivity contribution in [2.24, 2.45) is 0 Å². The number of rotatable bonds is 3. The molecule has 2 amide bonds. The van der Waals surface area contributed by atoms with E-state index in [9.17, 15) is 22.8 Å². The van der Waals surface area contributed by atoms with Gasteiger partial charge in [0.15, 0.2) is 0 Å². The van der Waals surface area contributed by atoms with Crippen LogP contribution in [-0.2, 0) is 22.3 Å². The molecule has 0 atom stereocenters. The molecule has 0 saturated heterocycles. The minimum atomic E-state index is -4.51. The van der Waals surface area contributed by atoms with Crippen molar-refractivity contribution in [3.8, 4) is 0 Å². The molecule has 0 saturated carbocycles. The normalized spacial score (nSPS) is 11.0. The van der Waals surface area contributed by atoms with E-state index in [0.717, 1.165) is 17.0 Å². The van der Waals surface area contributed by atoms with Crippen LogP contribution < -0.4 is 10.6 Å². The summed E-state index contributed by atoms with van der Waals surface area (Å²) in [6.07, 6.45) is -3.92. The Morgan fingerprint density at radius 2 is 1.95 bits per heavy atom. The van der Waals surface area contributed by atoms with Gasteiger partial charge in [0, 0.05) is 11.1 Å². The van der Waals surface area contributed by atoms with Gasteiger partial charge in [0.05, 0.1) is 12.1 Å². The molecule has 0 aromatic carbocycles. The second kappa shape index (κ2) is 6.56. The van der Waals surface area contributed by atoms with E-state index in [1.54, 1.807) is 12.1 Å². The molecule has 5 nitrogen and oxygen atoms in total. The predicted molar refractivity (Wildman–Crippen MR) is 74.0 cm³/mol. The first-order chi connectivity index (χ1) is 10.4. The van der Waals surface area contributed by atoms with Crippen LogP contribution in [0.25, 0.3) is 0 Å². The fourth-order valence-electron chi connectivity index (χ4n) is 1.47. The minimum absolute atomic E-state index is 0.135. The van der Waals surface area contributed by atoms with Crippen molar-refractivity contribution >= 4 is 29.0 Å². The van der Waals surface area contributed by atoms with Crippen molar-refractivity contribution in [3.05, 3.63) is 46.3 Å². The number of amides is 2. The third kappa shape index (κ3) is 4.29. The van der Waals surface area contributed by atoms with Crippen molar-refractivity contribution in [1.29, 1.82) is 0 Å². The molecule has 0 fully saturated rings. The third-order valence-electron chi connectivity index (χ3n) is 2.54. The van der Waals surface area contributed by atoms with E-state index < -0.39 is 23.6 Å². The molecule has 2 aromatic heterocycles. The Kier molecular flexibility index (Phi) is 4.76. The Morgan fingerprint density at radius 1 is 1.18 bits per heavy atom. The number of carbonyl (C=O) groups excluding carboxylic acids is 2. The number of thiophene rings is 1. The molecule has 0 aliphatic rings. The highest BCUT2D eigenvalue weighted by molar-refractivity contribution is 7.09. The van der Waals surface area contributed by atoms with Crippen LogP contribution in [-0.4, -0.2) is 16.8 Å². The van der Waals surface area contributed by atoms with Gasteiger partial charge in [-0.15, -0.1) is 11.3 Å². The monoisotopic (exact) mass is 329 g/mol. The third-order valence-corrected chi connectivity index (χ3v) is 3.42. The van der Waals surface area contributed by atoms with Gasteiger partial charge in [-0.1, -0.05) is 6.07 Å². The van der Waals surface area contributed by atoms with Crippen LogP contribution in [0, 0.1) is 0 Å². The number of nitrogens with one attached hydrogen (secondary N) is 2. The molecule has 0 spiro atoms. The van der Waals surface area contributed by atoms with Crippen molar-refractivity contribution in [1.82, 2.24) is 10.3 Å². The fraction of sp³-hybridized carbons (Fsp3) is 0.154. The summed E-state index contributed by atoms with van der Waals surface area (Å²) in [5, 5.41) is 6.34. The largest absolute Gasteiger partial charge is 0.417 e. The van der Waals surface area contributed by atoms with Crippen molar-refractivity contribution in [2.45, 2.75) is 12.7 Å². The summed E-state index contributed by atoms with van der Waals surface area (Å²) >= 11 is 1.42. The lowest BCUT2D eigenvalue weighted by Crippen LogP contribution is -2.35. The van der Waals surface area contributed by atoms with Crippen LogP contribution >= 0.6 is 11.3 Å². The number of halogens is 3. The van der Waals surface area contributed by atoms with Crippen LogP contribution in [0.5, 0.6) is 0 Å². The highest BCUT2D eigenvalue weighted by Gasteiger charge is 2.30. The Balaban J connectivity index is 1.89. The molecule has 22 heavy (non-hydrogen) atoms. The van der Waals surface area contributed by atoms with Gasteiger partial charge >= 0.3 is 18.0 Å². The lowest BCUT2D eigenvalue weighted by Gasteiger charge is -2.08. The van der Waals surface area contributed by atoms with Gasteiger partial charge in [-0.05, 0) is 23.6 Å². The number of nitrogens with zero attached hydrogens (tertiary/aromatic N) is 1. The number of pyridine rings is 1. The highest BCUT2D eigenvalue weighted by Crippen LogP contribution is 2.28. The van der Waals surface area contributed by atoms with E-state index in [2.05, 4.69) is 15.6 Å². The standard InChI is InChI=1S/C13H10F3N3O2S/c14-13(15,16)8-3-4-10(17-6-8)19-12(21)11(20)18-7-9-2-1-5-22-9/h1-6H,7H2,(H,18,20)(H,17,19,21). The van der Waals surface area contributed by atoms with E-state index in [1.807, 2.05) is 5.38 Å². The number of alkyl halides is 3. The molecule has 2 heterocycles. The number of hydrogen-bond acceptors (Lipinski definition) is 4. The Hall–Kier alpha value is -2.42. The topological polar surface area (TPSA) is 71.1 Å². The van der Waals surface area contributed by atoms with Crippen molar-refractivity contribution in [3.63, 3.8) is 0 Å². The average molecular weight is 329 g/mol. The molecule has 2 aromatic rings. The molecule has 9 heteroatoms. The van der Waals surface area contributed by atoms with Gasteiger partial charge in [-0.25, -0.2) is 4.98 Å². The van der Waals surface area contributed by atoms with Crippen LogP contribution in [0.15, 0.2) is 35.8 Å². The van der Waals surface area contributed by atoms with Gasteiger partial charge in [0.1, 0.15) is 5.82 Å². The smallest absolute Gasteiger partial charge is 0.343 e. The first kappa shape index (κ1) is 16.0. The molecular weight excluding hydrogens is 319 g/mol. The maximum absolute atomic E-state index is 12.4. The second-order valence-electron chi connectivity index (χ2n) is 4.15. The number of anilines is 1. The van der Waals surface area contributed by atoms with Gasteiger partial charge in [0.25, 0.3) is 0 Å². The molecular formula is C13H10F3N3O2S. The number of aromatic nitrogens is 1. The summed E-state index contributed by atoms with van der Waals surface area (Å²) in [5.41, 5.74) is -0.937. The maximum Gasteiger partial charge on any atom is 0.417 e. The highest BCUT2D eigenvalue weighted by atomic mass is 32.1. The molecule has 0 unspecified atom stereocenters. The maximum atomic E-state index is 12.4. The van der Waals surface area contributed by atoms with E-state index in [4.69, 9.17) is 0 Å². The minimum Gasteiger partial charge on any atom is -0.343 e. The molecule has 0 radical (unpaired) electrons. The van der Waals surface area contributed by atoms with Gasteiger partial charge in [-0.3, -0.25) is 9.59 Å². The van der Waals surface area contributed by atoms with Crippen LogP contribution in [0.2, 0.25) is 0 Å². The quantitative estimate of drug-likeness (QED) is 0.850. The lowest BCUT2D eigenvalue weighted by atomic mass is 10.3. The zero-order chi connectivity index (χ0) is 16.2. The molecule has 0 aliphatic heterocycles. The van der Waals surface area contributed by atoms with Crippen molar-refractivity contribution < 1.29 is 22.8 Å². The van der Waals surface area contributed by atoms with E-state index >= 15 is 0 Å².